The van der Waals surface area contributed by atoms with E-state index in [4.69, 9.17) is 0 Å². The Morgan fingerprint density at radius 3 is 2.19 bits per heavy atom. The van der Waals surface area contributed by atoms with Gasteiger partial charge in [0.2, 0.25) is 0 Å². The minimum Gasteiger partial charge on any atom is -0.469 e. The first-order valence-corrected chi connectivity index (χ1v) is 8.48. The molecule has 0 bridgehead atoms. The van der Waals surface area contributed by atoms with Crippen LogP contribution in [0.2, 0.25) is 0 Å². The van der Waals surface area contributed by atoms with Gasteiger partial charge in [-0.3, -0.25) is 4.79 Å². The van der Waals surface area contributed by atoms with Crippen LogP contribution in [-0.4, -0.2) is 13.1 Å². The lowest BCUT2D eigenvalue weighted by Gasteiger charge is -1.96. The van der Waals surface area contributed by atoms with E-state index in [1.807, 2.05) is 0 Å². The Kier molecular flexibility index (Phi) is 15.8. The van der Waals surface area contributed by atoms with Gasteiger partial charge in [0.15, 0.2) is 0 Å². The predicted molar refractivity (Wildman–Crippen MR) is 90.0 cm³/mol. The van der Waals surface area contributed by atoms with Crippen molar-refractivity contribution in [3.63, 3.8) is 0 Å². The van der Waals surface area contributed by atoms with Gasteiger partial charge in [-0.15, -0.1) is 11.8 Å². The van der Waals surface area contributed by atoms with Gasteiger partial charge in [-0.25, -0.2) is 0 Å². The summed E-state index contributed by atoms with van der Waals surface area (Å²) in [5, 5.41) is 0. The Bertz CT molecular complexity index is 320. The third kappa shape index (κ3) is 16.7. The monoisotopic (exact) mass is 292 g/mol. The number of carbonyl (C=O) groups excluding carboxylic acids is 1. The average molecular weight is 292 g/mol. The smallest absolute Gasteiger partial charge is 0.305 e. The molecule has 0 aromatic rings. The molecule has 0 aromatic carbocycles. The fraction of sp³-hybridized carbons (Fsp3) is 0.737. The molecule has 0 aromatic heterocycles. The maximum atomic E-state index is 10.9. The lowest BCUT2D eigenvalue weighted by Crippen LogP contribution is -1.98. The maximum absolute atomic E-state index is 10.9. The van der Waals surface area contributed by atoms with E-state index in [0.717, 1.165) is 32.1 Å². The molecule has 0 rings (SSSR count). The van der Waals surface area contributed by atoms with Gasteiger partial charge in [0.25, 0.3) is 0 Å². The zero-order valence-corrected chi connectivity index (χ0v) is 14.0. The molecule has 0 saturated carbocycles. The summed E-state index contributed by atoms with van der Waals surface area (Å²) in [5.41, 5.74) is 0. The second kappa shape index (κ2) is 16.8. The fourth-order valence-electron chi connectivity index (χ4n) is 2.01. The molecule has 2 nitrogen and oxygen atoms in total. The Balaban J connectivity index is 3.26. The van der Waals surface area contributed by atoms with Crippen molar-refractivity contribution in [3.8, 4) is 11.8 Å². The summed E-state index contributed by atoms with van der Waals surface area (Å²) in [6.45, 7) is 2.25. The molecule has 0 aliphatic carbocycles. The molecule has 21 heavy (non-hydrogen) atoms. The van der Waals surface area contributed by atoms with E-state index in [0.29, 0.717) is 6.42 Å². The Hall–Kier alpha value is -1.23. The van der Waals surface area contributed by atoms with Crippen molar-refractivity contribution in [1.29, 1.82) is 0 Å². The summed E-state index contributed by atoms with van der Waals surface area (Å²) in [6.07, 6.45) is 17.9. The van der Waals surface area contributed by atoms with E-state index in [1.54, 1.807) is 0 Å². The summed E-state index contributed by atoms with van der Waals surface area (Å²) in [7, 11) is 1.42. The van der Waals surface area contributed by atoms with Crippen molar-refractivity contribution in [1.82, 2.24) is 0 Å². The summed E-state index contributed by atoms with van der Waals surface area (Å²) in [5.74, 6) is 6.14. The number of carbonyl (C=O) groups is 1. The maximum Gasteiger partial charge on any atom is 0.305 e. The first-order valence-electron chi connectivity index (χ1n) is 8.48. The molecule has 0 heterocycles. The van der Waals surface area contributed by atoms with Crippen LogP contribution in [-0.2, 0) is 9.53 Å². The fourth-order valence-corrected chi connectivity index (χ4v) is 2.01. The highest BCUT2D eigenvalue weighted by Crippen LogP contribution is 2.06. The topological polar surface area (TPSA) is 26.3 Å². The molecule has 0 aliphatic rings. The molecule has 0 N–H and O–H groups in total. The highest BCUT2D eigenvalue weighted by atomic mass is 16.5. The average Bonchev–Trinajstić information content (AvgIpc) is 2.50. The number of unbranched alkanes of at least 4 members (excludes halogenated alkanes) is 8. The molecule has 0 saturated heterocycles. The lowest BCUT2D eigenvalue weighted by atomic mass is 10.1. The number of methoxy groups -OCH3 is 1. The highest BCUT2D eigenvalue weighted by Gasteiger charge is 1.96. The second-order valence-corrected chi connectivity index (χ2v) is 5.35. The van der Waals surface area contributed by atoms with Crippen molar-refractivity contribution < 1.29 is 9.53 Å². The van der Waals surface area contributed by atoms with E-state index >= 15 is 0 Å². The third-order valence-corrected chi connectivity index (χ3v) is 3.35. The quantitative estimate of drug-likeness (QED) is 0.208. The summed E-state index contributed by atoms with van der Waals surface area (Å²) < 4.78 is 4.57. The molecular weight excluding hydrogens is 260 g/mol. The van der Waals surface area contributed by atoms with Crippen LogP contribution in [0.1, 0.15) is 84.0 Å². The zero-order chi connectivity index (χ0) is 15.6. The van der Waals surface area contributed by atoms with Crippen LogP contribution in [0.3, 0.4) is 0 Å². The summed E-state index contributed by atoms with van der Waals surface area (Å²) in [4.78, 5) is 10.9. The van der Waals surface area contributed by atoms with Gasteiger partial charge in [-0.05, 0) is 32.1 Å². The van der Waals surface area contributed by atoms with Crippen LogP contribution < -0.4 is 0 Å². The predicted octanol–water partition coefficient (Wildman–Crippen LogP) is 5.42. The van der Waals surface area contributed by atoms with E-state index in [-0.39, 0.29) is 5.97 Å². The summed E-state index contributed by atoms with van der Waals surface area (Å²) in [6, 6.07) is 0. The molecule has 0 unspecified atom stereocenters. The van der Waals surface area contributed by atoms with Crippen molar-refractivity contribution in [3.05, 3.63) is 12.2 Å². The van der Waals surface area contributed by atoms with Gasteiger partial charge in [-0.1, -0.05) is 44.8 Å². The molecule has 0 spiro atoms. The van der Waals surface area contributed by atoms with Crippen LogP contribution in [0.25, 0.3) is 0 Å². The van der Waals surface area contributed by atoms with Crippen LogP contribution >= 0.6 is 0 Å². The largest absolute Gasteiger partial charge is 0.469 e. The van der Waals surface area contributed by atoms with Crippen molar-refractivity contribution in [2.75, 3.05) is 7.11 Å². The Labute approximate surface area is 131 Å². The number of hydrogen-bond donors (Lipinski definition) is 0. The van der Waals surface area contributed by atoms with E-state index < -0.39 is 0 Å². The normalized spacial score (nSPS) is 10.4. The number of allylic oxidation sites excluding steroid dienone is 2. The standard InChI is InChI=1S/C19H32O2/c1-3-4-5-6-7-8-9-10-11-12-13-14-15-16-17-18-19(20)21-2/h9-10H,3-8,11-13,16-18H2,1-2H3. The molecule has 2 heteroatoms. The lowest BCUT2D eigenvalue weighted by molar-refractivity contribution is -0.140. The third-order valence-electron chi connectivity index (χ3n) is 3.35. The van der Waals surface area contributed by atoms with Crippen LogP contribution in [0, 0.1) is 11.8 Å². The van der Waals surface area contributed by atoms with E-state index in [9.17, 15) is 4.79 Å². The number of ether oxygens (including phenoxy) is 1. The number of esters is 1. The Morgan fingerprint density at radius 1 is 0.905 bits per heavy atom. The van der Waals surface area contributed by atoms with Gasteiger partial charge in [0.1, 0.15) is 0 Å². The van der Waals surface area contributed by atoms with Crippen molar-refractivity contribution >= 4 is 5.97 Å². The van der Waals surface area contributed by atoms with Crippen LogP contribution in [0.5, 0.6) is 0 Å². The van der Waals surface area contributed by atoms with Crippen LogP contribution in [0.4, 0.5) is 0 Å². The SMILES string of the molecule is CCCCCCCC=CCCCC#CCCCC(=O)OC. The minimum atomic E-state index is -0.142. The van der Waals surface area contributed by atoms with Crippen molar-refractivity contribution in [2.45, 2.75) is 84.0 Å². The molecular formula is C19H32O2. The first-order chi connectivity index (χ1) is 10.3. The zero-order valence-electron chi connectivity index (χ0n) is 14.0. The van der Waals surface area contributed by atoms with Gasteiger partial charge < -0.3 is 4.74 Å². The summed E-state index contributed by atoms with van der Waals surface area (Å²) >= 11 is 0. The second-order valence-electron chi connectivity index (χ2n) is 5.35. The first kappa shape index (κ1) is 19.8. The highest BCUT2D eigenvalue weighted by molar-refractivity contribution is 5.69. The Morgan fingerprint density at radius 2 is 1.52 bits per heavy atom. The van der Waals surface area contributed by atoms with E-state index in [2.05, 4.69) is 35.7 Å². The van der Waals surface area contributed by atoms with E-state index in [1.165, 1.54) is 45.6 Å². The van der Waals surface area contributed by atoms with Gasteiger partial charge in [0.05, 0.1) is 7.11 Å². The molecule has 120 valence electrons. The van der Waals surface area contributed by atoms with Gasteiger partial charge in [-0.2, -0.15) is 0 Å². The van der Waals surface area contributed by atoms with Gasteiger partial charge in [0, 0.05) is 19.3 Å². The minimum absolute atomic E-state index is 0.142. The molecule has 0 fully saturated rings. The van der Waals surface area contributed by atoms with Gasteiger partial charge >= 0.3 is 5.97 Å². The molecule has 0 aliphatic heterocycles. The number of rotatable bonds is 12. The molecule has 0 amide bonds. The molecule has 0 atom stereocenters. The number of hydrogen-bond acceptors (Lipinski definition) is 2. The van der Waals surface area contributed by atoms with Crippen LogP contribution in [0.15, 0.2) is 12.2 Å². The van der Waals surface area contributed by atoms with Crippen molar-refractivity contribution in [2.24, 2.45) is 0 Å². The molecule has 0 radical (unpaired) electrons.